The number of carbonyl (C=O) groups excluding carboxylic acids is 3. The first kappa shape index (κ1) is 17.8. The lowest BCUT2D eigenvalue weighted by Crippen LogP contribution is -2.63. The molecule has 2 aliphatic rings. The van der Waals surface area contributed by atoms with Gasteiger partial charge in [-0.05, 0) is 34.1 Å². The van der Waals surface area contributed by atoms with Crippen LogP contribution < -0.4 is 11.1 Å². The van der Waals surface area contributed by atoms with Gasteiger partial charge in [0.1, 0.15) is 6.10 Å². The number of carbonyl (C=O) groups is 3. The summed E-state index contributed by atoms with van der Waals surface area (Å²) in [5.41, 5.74) is 3.08. The van der Waals surface area contributed by atoms with Gasteiger partial charge in [-0.1, -0.05) is 0 Å². The Balaban J connectivity index is 2.31. The number of rotatable bonds is 3. The molecule has 9 nitrogen and oxygen atoms in total. The summed E-state index contributed by atoms with van der Waals surface area (Å²) >= 11 is 0. The third-order valence-electron chi connectivity index (χ3n) is 3.58. The molecular formula is C14H22N2O7. The van der Waals surface area contributed by atoms with Crippen LogP contribution in [0.3, 0.4) is 0 Å². The Labute approximate surface area is 133 Å². The highest BCUT2D eigenvalue weighted by Gasteiger charge is 2.59. The number of amides is 2. The summed E-state index contributed by atoms with van der Waals surface area (Å²) in [6, 6.07) is 0. The zero-order chi connectivity index (χ0) is 17.5. The average Bonchev–Trinajstić information content (AvgIpc) is 2.69. The van der Waals surface area contributed by atoms with Crippen LogP contribution in [-0.2, 0) is 33.3 Å². The standard InChI is InChI=1S/C14H22N2O7/c1-12(2)20-6-5-8(21-12)9-14(7-17,16-11(19)10(15)18)23-13(3,4)22-9/h7-9H,5-6H2,1-4H3,(H2,15,18)(H,16,19)/t8-,9+,14-/m1/s1. The fourth-order valence-electron chi connectivity index (χ4n) is 2.78. The maximum Gasteiger partial charge on any atom is 0.311 e. The summed E-state index contributed by atoms with van der Waals surface area (Å²) in [6.45, 7) is 7.02. The lowest BCUT2D eigenvalue weighted by atomic mass is 9.99. The van der Waals surface area contributed by atoms with Crippen LogP contribution in [0.25, 0.3) is 0 Å². The highest BCUT2D eigenvalue weighted by molar-refractivity contribution is 6.34. The molecule has 0 aromatic rings. The molecule has 2 aliphatic heterocycles. The van der Waals surface area contributed by atoms with Gasteiger partial charge in [-0.25, -0.2) is 0 Å². The van der Waals surface area contributed by atoms with Crippen molar-refractivity contribution in [1.29, 1.82) is 0 Å². The predicted octanol–water partition coefficient (Wildman–Crippen LogP) is -0.824. The molecule has 0 spiro atoms. The molecule has 2 amide bonds. The molecule has 130 valence electrons. The molecule has 9 heteroatoms. The second kappa shape index (κ2) is 5.82. The number of hydrogen-bond donors (Lipinski definition) is 2. The Morgan fingerprint density at radius 3 is 2.35 bits per heavy atom. The summed E-state index contributed by atoms with van der Waals surface area (Å²) in [5.74, 6) is -4.41. The zero-order valence-corrected chi connectivity index (χ0v) is 13.6. The van der Waals surface area contributed by atoms with E-state index in [1.54, 1.807) is 27.7 Å². The van der Waals surface area contributed by atoms with Gasteiger partial charge in [0.15, 0.2) is 17.9 Å². The van der Waals surface area contributed by atoms with Crippen LogP contribution >= 0.6 is 0 Å². The van der Waals surface area contributed by atoms with Gasteiger partial charge in [-0.3, -0.25) is 14.4 Å². The lowest BCUT2D eigenvalue weighted by Gasteiger charge is -2.40. The van der Waals surface area contributed by atoms with E-state index in [0.717, 1.165) is 0 Å². The molecule has 2 fully saturated rings. The van der Waals surface area contributed by atoms with Crippen molar-refractivity contribution in [1.82, 2.24) is 5.32 Å². The molecule has 0 aromatic carbocycles. The molecule has 3 atom stereocenters. The van der Waals surface area contributed by atoms with Crippen LogP contribution in [0, 0.1) is 0 Å². The molecule has 0 aromatic heterocycles. The van der Waals surface area contributed by atoms with E-state index in [0.29, 0.717) is 19.3 Å². The number of nitrogens with one attached hydrogen (secondary N) is 1. The SMILES string of the molecule is CC1(C)OCC[C@H]([C@@H]2OC(C)(C)O[C@@]2(C=O)NC(=O)C(N)=O)O1. The van der Waals surface area contributed by atoms with Crippen LogP contribution in [0.15, 0.2) is 0 Å². The molecule has 2 heterocycles. The quantitative estimate of drug-likeness (QED) is 0.511. The van der Waals surface area contributed by atoms with E-state index in [-0.39, 0.29) is 0 Å². The fraction of sp³-hybridized carbons (Fsp3) is 0.786. The minimum atomic E-state index is -1.87. The van der Waals surface area contributed by atoms with Gasteiger partial charge in [0.2, 0.25) is 5.72 Å². The van der Waals surface area contributed by atoms with Crippen LogP contribution in [0.5, 0.6) is 0 Å². The van der Waals surface area contributed by atoms with Crippen LogP contribution in [-0.4, -0.2) is 54.2 Å². The van der Waals surface area contributed by atoms with Gasteiger partial charge in [0, 0.05) is 0 Å². The Bertz CT molecular complexity index is 519. The van der Waals surface area contributed by atoms with Crippen LogP contribution in [0.1, 0.15) is 34.1 Å². The van der Waals surface area contributed by atoms with E-state index in [1.807, 2.05) is 0 Å². The normalized spacial score (nSPS) is 35.5. The highest BCUT2D eigenvalue weighted by atomic mass is 16.8. The Hall–Kier alpha value is -1.55. The van der Waals surface area contributed by atoms with E-state index >= 15 is 0 Å². The molecule has 2 saturated heterocycles. The van der Waals surface area contributed by atoms with Gasteiger partial charge in [0.25, 0.3) is 0 Å². The first-order valence-corrected chi connectivity index (χ1v) is 7.28. The monoisotopic (exact) mass is 330 g/mol. The molecule has 0 radical (unpaired) electrons. The summed E-state index contributed by atoms with van der Waals surface area (Å²) in [6.07, 6.45) is -0.727. The van der Waals surface area contributed by atoms with Gasteiger partial charge < -0.3 is 30.0 Å². The highest BCUT2D eigenvalue weighted by Crippen LogP contribution is 2.39. The molecule has 0 saturated carbocycles. The number of nitrogens with two attached hydrogens (primary N) is 1. The average molecular weight is 330 g/mol. The number of aldehydes is 1. The lowest BCUT2D eigenvalue weighted by molar-refractivity contribution is -0.294. The summed E-state index contributed by atoms with van der Waals surface area (Å²) < 4.78 is 22.6. The third kappa shape index (κ3) is 3.69. The molecule has 23 heavy (non-hydrogen) atoms. The first-order chi connectivity index (χ1) is 10.5. The van der Waals surface area contributed by atoms with Crippen molar-refractivity contribution in [2.75, 3.05) is 6.61 Å². The van der Waals surface area contributed by atoms with Crippen molar-refractivity contribution >= 4 is 18.1 Å². The largest absolute Gasteiger partial charge is 0.361 e. The van der Waals surface area contributed by atoms with Crippen molar-refractivity contribution in [3.05, 3.63) is 0 Å². The summed E-state index contributed by atoms with van der Waals surface area (Å²) in [7, 11) is 0. The van der Waals surface area contributed by atoms with Crippen molar-refractivity contribution in [3.63, 3.8) is 0 Å². The van der Waals surface area contributed by atoms with Gasteiger partial charge >= 0.3 is 11.8 Å². The molecular weight excluding hydrogens is 308 g/mol. The molecule has 3 N–H and O–H groups in total. The van der Waals surface area contributed by atoms with Crippen LogP contribution in [0.2, 0.25) is 0 Å². The fourth-order valence-corrected chi connectivity index (χ4v) is 2.78. The molecule has 2 rings (SSSR count). The maximum atomic E-state index is 11.7. The minimum absolute atomic E-state index is 0.386. The van der Waals surface area contributed by atoms with Gasteiger partial charge in [0.05, 0.1) is 12.7 Å². The first-order valence-electron chi connectivity index (χ1n) is 7.28. The van der Waals surface area contributed by atoms with Crippen molar-refractivity contribution in [3.8, 4) is 0 Å². The van der Waals surface area contributed by atoms with Crippen molar-refractivity contribution in [2.45, 2.75) is 63.6 Å². The second-order valence-corrected chi connectivity index (χ2v) is 6.46. The Morgan fingerprint density at radius 1 is 1.17 bits per heavy atom. The van der Waals surface area contributed by atoms with Crippen molar-refractivity contribution in [2.24, 2.45) is 5.73 Å². The van der Waals surface area contributed by atoms with E-state index in [2.05, 4.69) is 5.32 Å². The summed E-state index contributed by atoms with van der Waals surface area (Å²) in [4.78, 5) is 34.5. The van der Waals surface area contributed by atoms with Crippen molar-refractivity contribution < 1.29 is 33.3 Å². The molecule has 0 bridgehead atoms. The second-order valence-electron chi connectivity index (χ2n) is 6.46. The molecule has 0 aliphatic carbocycles. The van der Waals surface area contributed by atoms with Gasteiger partial charge in [-0.15, -0.1) is 0 Å². The minimum Gasteiger partial charge on any atom is -0.361 e. The van der Waals surface area contributed by atoms with E-state index in [9.17, 15) is 14.4 Å². The third-order valence-corrected chi connectivity index (χ3v) is 3.58. The van der Waals surface area contributed by atoms with E-state index in [4.69, 9.17) is 24.7 Å². The molecule has 0 unspecified atom stereocenters. The number of primary amides is 1. The summed E-state index contributed by atoms with van der Waals surface area (Å²) in [5, 5.41) is 2.22. The predicted molar refractivity (Wildman–Crippen MR) is 75.7 cm³/mol. The van der Waals surface area contributed by atoms with E-state index < -0.39 is 41.3 Å². The smallest absolute Gasteiger partial charge is 0.311 e. The van der Waals surface area contributed by atoms with E-state index in [1.165, 1.54) is 0 Å². The maximum absolute atomic E-state index is 11.7. The van der Waals surface area contributed by atoms with Gasteiger partial charge in [-0.2, -0.15) is 0 Å². The number of ether oxygens (including phenoxy) is 4. The van der Waals surface area contributed by atoms with Crippen LogP contribution in [0.4, 0.5) is 0 Å². The topological polar surface area (TPSA) is 126 Å². The zero-order valence-electron chi connectivity index (χ0n) is 13.6. The number of hydrogen-bond acceptors (Lipinski definition) is 7. The Kier molecular flexibility index (Phi) is 4.51. The Morgan fingerprint density at radius 2 is 1.83 bits per heavy atom.